The van der Waals surface area contributed by atoms with E-state index in [1.165, 1.54) is 6.07 Å². The van der Waals surface area contributed by atoms with Gasteiger partial charge in [0, 0.05) is 23.0 Å². The average molecular weight is 358 g/mol. The fraction of sp³-hybridized carbons (Fsp3) is 0.462. The molecular weight excluding hydrogens is 342 g/mol. The highest BCUT2D eigenvalue weighted by atomic mass is 35.5. The molecule has 0 aliphatic rings. The topological polar surface area (TPSA) is 69.1 Å². The first-order valence-electron chi connectivity index (χ1n) is 5.92. The van der Waals surface area contributed by atoms with Gasteiger partial charge in [0.15, 0.2) is 0 Å². The monoisotopic (exact) mass is 356 g/mol. The van der Waals surface area contributed by atoms with E-state index in [0.29, 0.717) is 17.0 Å². The van der Waals surface area contributed by atoms with E-state index in [0.717, 1.165) is 0 Å². The predicted molar refractivity (Wildman–Crippen MR) is 85.6 cm³/mol. The van der Waals surface area contributed by atoms with Crippen molar-refractivity contribution in [2.75, 3.05) is 0 Å². The van der Waals surface area contributed by atoms with E-state index in [4.69, 9.17) is 57.9 Å². The molecule has 1 rings (SSSR count). The van der Waals surface area contributed by atoms with Crippen molar-refractivity contribution in [3.63, 3.8) is 0 Å². The van der Waals surface area contributed by atoms with Gasteiger partial charge in [-0.25, -0.2) is 0 Å². The van der Waals surface area contributed by atoms with Crippen molar-refractivity contribution in [2.24, 2.45) is 16.9 Å². The summed E-state index contributed by atoms with van der Waals surface area (Å²) in [4.78, 5) is 11.1. The van der Waals surface area contributed by atoms with Crippen LogP contribution in [0.15, 0.2) is 6.07 Å². The van der Waals surface area contributed by atoms with Crippen molar-refractivity contribution in [1.82, 2.24) is 0 Å². The van der Waals surface area contributed by atoms with Gasteiger partial charge in [0.2, 0.25) is 5.91 Å². The fourth-order valence-corrected chi connectivity index (χ4v) is 3.36. The van der Waals surface area contributed by atoms with E-state index >= 15 is 0 Å². The molecule has 0 fully saturated rings. The lowest BCUT2D eigenvalue weighted by Gasteiger charge is -2.28. The standard InChI is InChI=1S/C13H16Cl4N2O/c1-13(2,5-9(19)20)4-8(18)10-6(14)3-7(15)11(16)12(10)17/h3,8H,4-5,18H2,1-2H3,(H2,19,20). The number of halogens is 4. The molecule has 0 heterocycles. The molecule has 1 amide bonds. The molecule has 0 radical (unpaired) electrons. The van der Waals surface area contributed by atoms with Gasteiger partial charge in [-0.2, -0.15) is 0 Å². The lowest BCUT2D eigenvalue weighted by atomic mass is 9.81. The summed E-state index contributed by atoms with van der Waals surface area (Å²) in [5, 5.41) is 1.09. The number of nitrogens with two attached hydrogens (primary N) is 2. The lowest BCUT2D eigenvalue weighted by Crippen LogP contribution is -2.27. The van der Waals surface area contributed by atoms with Gasteiger partial charge in [0.25, 0.3) is 0 Å². The van der Waals surface area contributed by atoms with Crippen molar-refractivity contribution in [2.45, 2.75) is 32.7 Å². The Morgan fingerprint density at radius 1 is 1.20 bits per heavy atom. The molecule has 0 aliphatic heterocycles. The number of carbonyl (C=O) groups excluding carboxylic acids is 1. The van der Waals surface area contributed by atoms with E-state index in [2.05, 4.69) is 0 Å². The molecule has 0 aromatic heterocycles. The average Bonchev–Trinajstić information content (AvgIpc) is 2.23. The van der Waals surface area contributed by atoms with E-state index in [1.807, 2.05) is 13.8 Å². The fourth-order valence-electron chi connectivity index (χ4n) is 2.16. The third-order valence-electron chi connectivity index (χ3n) is 2.95. The van der Waals surface area contributed by atoms with Crippen LogP contribution in [0, 0.1) is 5.41 Å². The van der Waals surface area contributed by atoms with Crippen molar-refractivity contribution >= 4 is 52.3 Å². The van der Waals surface area contributed by atoms with Crippen LogP contribution in [0.2, 0.25) is 20.1 Å². The Labute approximate surface area is 138 Å². The Kier molecular flexibility index (Phi) is 6.00. The van der Waals surface area contributed by atoms with Crippen molar-refractivity contribution in [3.05, 3.63) is 31.7 Å². The van der Waals surface area contributed by atoms with Gasteiger partial charge >= 0.3 is 0 Å². The molecule has 0 spiro atoms. The first kappa shape index (κ1) is 17.9. The Balaban J connectivity index is 3.07. The van der Waals surface area contributed by atoms with Crippen LogP contribution in [0.1, 0.15) is 38.3 Å². The van der Waals surface area contributed by atoms with Crippen LogP contribution in [0.25, 0.3) is 0 Å². The van der Waals surface area contributed by atoms with Crippen LogP contribution in [-0.2, 0) is 4.79 Å². The quantitative estimate of drug-likeness (QED) is 0.597. The Bertz CT molecular complexity index is 532. The zero-order chi connectivity index (χ0) is 15.7. The van der Waals surface area contributed by atoms with Crippen LogP contribution >= 0.6 is 46.4 Å². The zero-order valence-electron chi connectivity index (χ0n) is 11.1. The van der Waals surface area contributed by atoms with E-state index in [1.54, 1.807) is 0 Å². The van der Waals surface area contributed by atoms with Crippen LogP contribution in [-0.4, -0.2) is 5.91 Å². The maximum absolute atomic E-state index is 11.1. The zero-order valence-corrected chi connectivity index (χ0v) is 14.2. The molecule has 20 heavy (non-hydrogen) atoms. The molecule has 112 valence electrons. The second kappa shape index (κ2) is 6.71. The summed E-state index contributed by atoms with van der Waals surface area (Å²) in [6.45, 7) is 3.80. The highest BCUT2D eigenvalue weighted by Gasteiger charge is 2.27. The molecule has 4 N–H and O–H groups in total. The number of primary amides is 1. The van der Waals surface area contributed by atoms with E-state index in [9.17, 15) is 4.79 Å². The summed E-state index contributed by atoms with van der Waals surface area (Å²) >= 11 is 24.2. The molecule has 1 aromatic rings. The second-order valence-electron chi connectivity index (χ2n) is 5.50. The Hall–Kier alpha value is -0.190. The summed E-state index contributed by atoms with van der Waals surface area (Å²) in [5.74, 6) is -0.381. The highest BCUT2D eigenvalue weighted by Crippen LogP contribution is 2.42. The molecule has 0 saturated carbocycles. The summed E-state index contributed by atoms with van der Waals surface area (Å²) in [6.07, 6.45) is 0.699. The Morgan fingerprint density at radius 2 is 1.75 bits per heavy atom. The minimum Gasteiger partial charge on any atom is -0.370 e. The lowest BCUT2D eigenvalue weighted by molar-refractivity contribution is -0.120. The third-order valence-corrected chi connectivity index (χ3v) is 4.54. The molecule has 0 aliphatic carbocycles. The minimum atomic E-state index is -0.473. The summed E-state index contributed by atoms with van der Waals surface area (Å²) in [6, 6.07) is 1.03. The summed E-state index contributed by atoms with van der Waals surface area (Å²) in [7, 11) is 0. The summed E-state index contributed by atoms with van der Waals surface area (Å²) in [5.41, 5.74) is 11.5. The minimum absolute atomic E-state index is 0.218. The number of benzene rings is 1. The van der Waals surface area contributed by atoms with Crippen LogP contribution < -0.4 is 11.5 Å². The SMILES string of the molecule is CC(C)(CC(N)=O)CC(N)c1c(Cl)cc(Cl)c(Cl)c1Cl. The van der Waals surface area contributed by atoms with Crippen molar-refractivity contribution in [1.29, 1.82) is 0 Å². The second-order valence-corrected chi connectivity index (χ2v) is 7.07. The molecule has 7 heteroatoms. The van der Waals surface area contributed by atoms with Crippen molar-refractivity contribution in [3.8, 4) is 0 Å². The number of hydrogen-bond donors (Lipinski definition) is 2. The summed E-state index contributed by atoms with van der Waals surface area (Å²) < 4.78 is 0. The van der Waals surface area contributed by atoms with E-state index in [-0.39, 0.29) is 32.8 Å². The normalized spacial score (nSPS) is 13.3. The largest absolute Gasteiger partial charge is 0.370 e. The molecule has 1 aromatic carbocycles. The molecule has 1 unspecified atom stereocenters. The van der Waals surface area contributed by atoms with E-state index < -0.39 is 6.04 Å². The number of carbonyl (C=O) groups is 1. The van der Waals surface area contributed by atoms with Crippen LogP contribution in [0.4, 0.5) is 0 Å². The van der Waals surface area contributed by atoms with Gasteiger partial charge in [-0.15, -0.1) is 0 Å². The first-order chi connectivity index (χ1) is 9.05. The van der Waals surface area contributed by atoms with Crippen LogP contribution in [0.3, 0.4) is 0 Å². The van der Waals surface area contributed by atoms with Gasteiger partial charge < -0.3 is 11.5 Å². The maximum Gasteiger partial charge on any atom is 0.217 e. The number of hydrogen-bond acceptors (Lipinski definition) is 2. The molecule has 3 nitrogen and oxygen atoms in total. The number of rotatable bonds is 5. The maximum atomic E-state index is 11.1. The molecule has 0 saturated heterocycles. The molecule has 0 bridgehead atoms. The van der Waals surface area contributed by atoms with Crippen LogP contribution in [0.5, 0.6) is 0 Å². The van der Waals surface area contributed by atoms with Crippen molar-refractivity contribution < 1.29 is 4.79 Å². The van der Waals surface area contributed by atoms with Gasteiger partial charge in [-0.05, 0) is 17.9 Å². The Morgan fingerprint density at radius 3 is 2.25 bits per heavy atom. The first-order valence-corrected chi connectivity index (χ1v) is 7.43. The highest BCUT2D eigenvalue weighted by molar-refractivity contribution is 6.49. The number of amides is 1. The van der Waals surface area contributed by atoms with Gasteiger partial charge in [0.05, 0.1) is 15.1 Å². The van der Waals surface area contributed by atoms with Gasteiger partial charge in [-0.1, -0.05) is 60.3 Å². The van der Waals surface area contributed by atoms with Gasteiger partial charge in [-0.3, -0.25) is 4.79 Å². The third kappa shape index (κ3) is 4.40. The molecule has 1 atom stereocenters. The predicted octanol–water partition coefficient (Wildman–Crippen LogP) is 4.59. The van der Waals surface area contributed by atoms with Gasteiger partial charge in [0.1, 0.15) is 0 Å². The molecular formula is C13H16Cl4N2O. The smallest absolute Gasteiger partial charge is 0.217 e.